The molecule has 2 heterocycles. The van der Waals surface area contributed by atoms with Crippen LogP contribution in [-0.4, -0.2) is 0 Å². The van der Waals surface area contributed by atoms with Crippen molar-refractivity contribution in [3.63, 3.8) is 0 Å². The third-order valence-corrected chi connectivity index (χ3v) is 6.78. The summed E-state index contributed by atoms with van der Waals surface area (Å²) in [5.74, 6) is 0. The van der Waals surface area contributed by atoms with Crippen molar-refractivity contribution in [3.8, 4) is 0 Å². The molecule has 0 radical (unpaired) electrons. The Balaban J connectivity index is 2.89. The van der Waals surface area contributed by atoms with E-state index in [4.69, 9.17) is 0 Å². The van der Waals surface area contributed by atoms with E-state index in [9.17, 15) is 0 Å². The van der Waals surface area contributed by atoms with E-state index in [-0.39, 0.29) is 10.8 Å². The molecule has 2 rings (SSSR count). The predicted molar refractivity (Wildman–Crippen MR) is 86.6 cm³/mol. The lowest BCUT2D eigenvalue weighted by Gasteiger charge is -2.19. The van der Waals surface area contributed by atoms with Crippen LogP contribution >= 0.6 is 22.7 Å². The fourth-order valence-electron chi connectivity index (χ4n) is 2.28. The molecule has 0 aliphatic heterocycles. The number of thiophene rings is 2. The first kappa shape index (κ1) is 14.1. The minimum atomic E-state index is 0.241. The molecule has 0 bridgehead atoms. The molecule has 0 spiro atoms. The topological polar surface area (TPSA) is 0 Å². The van der Waals surface area contributed by atoms with Crippen molar-refractivity contribution in [1.82, 2.24) is 0 Å². The Hall–Kier alpha value is -0.340. The van der Waals surface area contributed by atoms with Crippen LogP contribution in [0.5, 0.6) is 0 Å². The Labute approximate surface area is 119 Å². The molecule has 0 unspecified atom stereocenters. The molecule has 0 saturated heterocycles. The van der Waals surface area contributed by atoms with Crippen LogP contribution in [-0.2, 0) is 10.8 Å². The maximum atomic E-state index is 2.33. The number of hydrogen-bond acceptors (Lipinski definition) is 2. The summed E-state index contributed by atoms with van der Waals surface area (Å²) in [6.45, 7) is 18.5. The van der Waals surface area contributed by atoms with E-state index in [0.717, 1.165) is 0 Å². The average Bonchev–Trinajstić information content (AvgIpc) is 2.64. The van der Waals surface area contributed by atoms with Gasteiger partial charge >= 0.3 is 0 Å². The lowest BCUT2D eigenvalue weighted by Crippen LogP contribution is -2.10. The molecule has 100 valence electrons. The summed E-state index contributed by atoms with van der Waals surface area (Å²) < 4.78 is 1.53. The molecule has 2 heteroatoms. The van der Waals surface area contributed by atoms with Crippen molar-refractivity contribution in [1.29, 1.82) is 0 Å². The zero-order valence-corrected chi connectivity index (χ0v) is 14.4. The second-order valence-corrected chi connectivity index (χ2v) is 9.49. The Morgan fingerprint density at radius 1 is 0.722 bits per heavy atom. The van der Waals surface area contributed by atoms with Crippen LogP contribution in [0, 0.1) is 13.8 Å². The van der Waals surface area contributed by atoms with E-state index in [1.807, 2.05) is 22.7 Å². The summed E-state index contributed by atoms with van der Waals surface area (Å²) in [5, 5.41) is 1.54. The van der Waals surface area contributed by atoms with Gasteiger partial charge in [-0.25, -0.2) is 0 Å². The van der Waals surface area contributed by atoms with Crippen LogP contribution in [0.2, 0.25) is 0 Å². The van der Waals surface area contributed by atoms with Gasteiger partial charge in [0.25, 0.3) is 0 Å². The molecular formula is C16H24S2. The normalized spacial score (nSPS) is 13.6. The van der Waals surface area contributed by atoms with Crippen molar-refractivity contribution in [2.45, 2.75) is 66.2 Å². The minimum absolute atomic E-state index is 0.241. The number of aryl methyl sites for hydroxylation is 2. The first-order chi connectivity index (χ1) is 8.03. The van der Waals surface area contributed by atoms with E-state index in [1.54, 1.807) is 15.1 Å². The fourth-order valence-corrected chi connectivity index (χ4v) is 5.28. The number of hydrogen-bond donors (Lipinski definition) is 0. The summed E-state index contributed by atoms with van der Waals surface area (Å²) in [6, 6.07) is 0. The number of rotatable bonds is 0. The second kappa shape index (κ2) is 4.08. The maximum absolute atomic E-state index is 2.33. The quantitative estimate of drug-likeness (QED) is 0.541. The Bertz CT molecular complexity index is 583. The molecule has 2 aromatic heterocycles. The zero-order valence-electron chi connectivity index (χ0n) is 12.8. The van der Waals surface area contributed by atoms with E-state index in [0.29, 0.717) is 0 Å². The van der Waals surface area contributed by atoms with Gasteiger partial charge in [0.2, 0.25) is 0 Å². The van der Waals surface area contributed by atoms with Crippen LogP contribution < -0.4 is 0 Å². The highest BCUT2D eigenvalue weighted by Crippen LogP contribution is 2.48. The molecule has 0 atom stereocenters. The Morgan fingerprint density at radius 3 is 1.67 bits per heavy atom. The molecule has 0 saturated carbocycles. The molecule has 18 heavy (non-hydrogen) atoms. The van der Waals surface area contributed by atoms with Crippen molar-refractivity contribution >= 4 is 32.8 Å². The number of fused-ring (bicyclic) bond motifs is 1. The van der Waals surface area contributed by atoms with E-state index >= 15 is 0 Å². The molecule has 0 aliphatic rings. The molecular weight excluding hydrogens is 256 g/mol. The van der Waals surface area contributed by atoms with Gasteiger partial charge in [0, 0.05) is 24.7 Å². The molecule has 0 nitrogen and oxygen atoms in total. The van der Waals surface area contributed by atoms with Gasteiger partial charge in [-0.15, -0.1) is 22.7 Å². The fraction of sp³-hybridized carbons (Fsp3) is 0.625. The summed E-state index contributed by atoms with van der Waals surface area (Å²) in [6.07, 6.45) is 0. The molecule has 0 fully saturated rings. The van der Waals surface area contributed by atoms with Gasteiger partial charge in [-0.3, -0.25) is 0 Å². The van der Waals surface area contributed by atoms with Crippen LogP contribution in [0.15, 0.2) is 0 Å². The summed E-state index contributed by atoms with van der Waals surface area (Å²) >= 11 is 4.01. The molecule has 0 aromatic carbocycles. The van der Waals surface area contributed by atoms with Gasteiger partial charge in [-0.2, -0.15) is 0 Å². The van der Waals surface area contributed by atoms with E-state index in [2.05, 4.69) is 55.4 Å². The molecule has 0 amide bonds. The van der Waals surface area contributed by atoms with Crippen molar-refractivity contribution in [3.05, 3.63) is 20.2 Å². The largest absolute Gasteiger partial charge is 0.142 e. The summed E-state index contributed by atoms with van der Waals surface area (Å²) in [5.41, 5.74) is 1.98. The minimum Gasteiger partial charge on any atom is -0.142 e. The van der Waals surface area contributed by atoms with Gasteiger partial charge in [0.05, 0.1) is 0 Å². The molecule has 0 aliphatic carbocycles. The maximum Gasteiger partial charge on any atom is 0.0495 e. The SMILES string of the molecule is Cc1sc2c(C(C)(C)C)sc(C(C)(C)C)c2c1C. The zero-order chi connectivity index (χ0) is 13.9. The summed E-state index contributed by atoms with van der Waals surface area (Å²) in [7, 11) is 0. The smallest absolute Gasteiger partial charge is 0.0495 e. The highest BCUT2D eigenvalue weighted by atomic mass is 32.1. The van der Waals surface area contributed by atoms with E-state index in [1.165, 1.54) is 15.1 Å². The monoisotopic (exact) mass is 280 g/mol. The summed E-state index contributed by atoms with van der Waals surface area (Å²) in [4.78, 5) is 4.59. The van der Waals surface area contributed by atoms with Gasteiger partial charge in [-0.05, 0) is 30.2 Å². The predicted octanol–water partition coefficient (Wildman–Crippen LogP) is 6.17. The van der Waals surface area contributed by atoms with Gasteiger partial charge < -0.3 is 0 Å². The van der Waals surface area contributed by atoms with Gasteiger partial charge in [0.15, 0.2) is 0 Å². The second-order valence-electron chi connectivity index (χ2n) is 7.25. The highest BCUT2D eigenvalue weighted by Gasteiger charge is 2.29. The first-order valence-corrected chi connectivity index (χ1v) is 8.20. The molecule has 2 aromatic rings. The van der Waals surface area contributed by atoms with Gasteiger partial charge in [-0.1, -0.05) is 41.5 Å². The first-order valence-electron chi connectivity index (χ1n) is 6.57. The lowest BCUT2D eigenvalue weighted by molar-refractivity contribution is 0.604. The van der Waals surface area contributed by atoms with Crippen LogP contribution in [0.25, 0.3) is 10.1 Å². The van der Waals surface area contributed by atoms with Crippen LogP contribution in [0.1, 0.15) is 61.7 Å². The third kappa shape index (κ3) is 2.14. The Morgan fingerprint density at radius 2 is 1.22 bits per heavy atom. The van der Waals surface area contributed by atoms with Crippen molar-refractivity contribution in [2.75, 3.05) is 0 Å². The lowest BCUT2D eigenvalue weighted by atomic mass is 9.90. The van der Waals surface area contributed by atoms with Crippen molar-refractivity contribution in [2.24, 2.45) is 0 Å². The Kier molecular flexibility index (Phi) is 3.19. The van der Waals surface area contributed by atoms with Crippen LogP contribution in [0.4, 0.5) is 0 Å². The average molecular weight is 281 g/mol. The van der Waals surface area contributed by atoms with E-state index < -0.39 is 0 Å². The third-order valence-electron chi connectivity index (χ3n) is 3.39. The highest BCUT2D eigenvalue weighted by molar-refractivity contribution is 7.24. The molecule has 0 N–H and O–H groups in total. The standard InChI is InChI=1S/C16H24S2/c1-9-10(2)17-12-11(9)13(15(3,4)5)18-14(12)16(6,7)8/h1-8H3. The van der Waals surface area contributed by atoms with Gasteiger partial charge in [0.1, 0.15) is 0 Å². The van der Waals surface area contributed by atoms with Crippen LogP contribution in [0.3, 0.4) is 0 Å². The van der Waals surface area contributed by atoms with Crippen molar-refractivity contribution < 1.29 is 0 Å².